The zero-order valence-corrected chi connectivity index (χ0v) is 11.8. The maximum absolute atomic E-state index is 6.00. The van der Waals surface area contributed by atoms with E-state index in [2.05, 4.69) is 0 Å². The highest BCUT2D eigenvalue weighted by Gasteiger charge is 2.12. The van der Waals surface area contributed by atoms with E-state index in [-0.39, 0.29) is 6.29 Å². The molecule has 0 spiro atoms. The minimum atomic E-state index is -0.386. The van der Waals surface area contributed by atoms with Crippen LogP contribution in [0.25, 0.3) is 0 Å². The lowest BCUT2D eigenvalue weighted by Gasteiger charge is -2.20. The van der Waals surface area contributed by atoms with Crippen LogP contribution in [-0.2, 0) is 0 Å². The van der Waals surface area contributed by atoms with Crippen LogP contribution in [0.5, 0.6) is 11.5 Å². The van der Waals surface area contributed by atoms with Crippen LogP contribution < -0.4 is 20.9 Å². The van der Waals surface area contributed by atoms with Crippen LogP contribution in [0.1, 0.15) is 18.9 Å². The molecule has 4 heteroatoms. The Morgan fingerprint density at radius 1 is 1.00 bits per heavy atom. The molecule has 0 saturated carbocycles. The molecule has 0 aliphatic rings. The first kappa shape index (κ1) is 14.1. The first-order chi connectivity index (χ1) is 9.60. The van der Waals surface area contributed by atoms with Crippen molar-refractivity contribution in [1.82, 2.24) is 0 Å². The number of rotatable bonds is 5. The monoisotopic (exact) mass is 272 g/mol. The zero-order valence-electron chi connectivity index (χ0n) is 11.8. The third-order valence-electron chi connectivity index (χ3n) is 3.02. The average Bonchev–Trinajstić information content (AvgIpc) is 2.45. The first-order valence-electron chi connectivity index (χ1n) is 6.64. The lowest BCUT2D eigenvalue weighted by atomic mass is 10.2. The number of anilines is 2. The van der Waals surface area contributed by atoms with Gasteiger partial charge >= 0.3 is 0 Å². The maximum atomic E-state index is 6.00. The van der Waals surface area contributed by atoms with E-state index in [0.717, 1.165) is 11.3 Å². The molecule has 4 nitrogen and oxygen atoms in total. The summed E-state index contributed by atoms with van der Waals surface area (Å²) < 4.78 is 11.6. The summed E-state index contributed by atoms with van der Waals surface area (Å²) in [7, 11) is 0. The molecule has 2 rings (SSSR count). The Kier molecular flexibility index (Phi) is 4.35. The largest absolute Gasteiger partial charge is 0.455 e. The van der Waals surface area contributed by atoms with Gasteiger partial charge in [0.1, 0.15) is 11.5 Å². The summed E-state index contributed by atoms with van der Waals surface area (Å²) in [6, 6.07) is 12.9. The van der Waals surface area contributed by atoms with Gasteiger partial charge in [-0.2, -0.15) is 0 Å². The summed E-state index contributed by atoms with van der Waals surface area (Å²) in [6.07, 6.45) is 0.320. The molecule has 0 saturated heterocycles. The Bertz CT molecular complexity index is 567. The van der Waals surface area contributed by atoms with E-state index in [9.17, 15) is 0 Å². The molecule has 1 unspecified atom stereocenters. The smallest absolute Gasteiger partial charge is 0.241 e. The molecular formula is C16H20N2O2. The highest BCUT2D eigenvalue weighted by Crippen LogP contribution is 2.26. The second-order valence-electron chi connectivity index (χ2n) is 4.63. The van der Waals surface area contributed by atoms with Crippen molar-refractivity contribution in [2.24, 2.45) is 0 Å². The number of nitrogens with two attached hydrogens (primary N) is 2. The van der Waals surface area contributed by atoms with Crippen molar-refractivity contribution in [2.45, 2.75) is 26.6 Å². The number of benzene rings is 2. The number of para-hydroxylation sites is 1. The van der Waals surface area contributed by atoms with Gasteiger partial charge in [0, 0.05) is 12.1 Å². The Morgan fingerprint density at radius 3 is 2.35 bits per heavy atom. The van der Waals surface area contributed by atoms with Gasteiger partial charge in [0.2, 0.25) is 6.29 Å². The van der Waals surface area contributed by atoms with Crippen LogP contribution in [0.4, 0.5) is 11.4 Å². The van der Waals surface area contributed by atoms with E-state index in [1.807, 2.05) is 44.2 Å². The first-order valence-corrected chi connectivity index (χ1v) is 6.64. The van der Waals surface area contributed by atoms with Gasteiger partial charge in [-0.05, 0) is 42.8 Å². The van der Waals surface area contributed by atoms with Crippen molar-refractivity contribution in [3.05, 3.63) is 48.0 Å². The second kappa shape index (κ2) is 6.19. The predicted molar refractivity (Wildman–Crippen MR) is 81.8 cm³/mol. The standard InChI is InChI=1S/C16H20N2O2/c1-3-15(19-13-9-7-12(17)8-10-13)20-14-6-4-5-11(2)16(14)18/h4-10,15H,3,17-18H2,1-2H3. The van der Waals surface area contributed by atoms with Crippen LogP contribution in [0, 0.1) is 6.92 Å². The summed E-state index contributed by atoms with van der Waals surface area (Å²) in [5.74, 6) is 1.37. The van der Waals surface area contributed by atoms with Crippen LogP contribution in [0.3, 0.4) is 0 Å². The van der Waals surface area contributed by atoms with Crippen LogP contribution >= 0.6 is 0 Å². The molecule has 2 aromatic rings. The third-order valence-corrected chi connectivity index (χ3v) is 3.02. The molecule has 20 heavy (non-hydrogen) atoms. The Balaban J connectivity index is 2.09. The van der Waals surface area contributed by atoms with E-state index in [4.69, 9.17) is 20.9 Å². The number of ether oxygens (including phenoxy) is 2. The van der Waals surface area contributed by atoms with Gasteiger partial charge in [0.15, 0.2) is 0 Å². The predicted octanol–water partition coefficient (Wildman–Crippen LogP) is 3.35. The topological polar surface area (TPSA) is 70.5 Å². The molecule has 0 aliphatic heterocycles. The molecule has 0 amide bonds. The average molecular weight is 272 g/mol. The number of hydrogen-bond donors (Lipinski definition) is 2. The Labute approximate surface area is 119 Å². The summed E-state index contributed by atoms with van der Waals surface area (Å²) in [5.41, 5.74) is 14.0. The third kappa shape index (κ3) is 3.35. The summed E-state index contributed by atoms with van der Waals surface area (Å²) in [4.78, 5) is 0. The van der Waals surface area contributed by atoms with E-state index in [0.29, 0.717) is 23.5 Å². The Morgan fingerprint density at radius 2 is 1.70 bits per heavy atom. The molecule has 0 bridgehead atoms. The fourth-order valence-corrected chi connectivity index (χ4v) is 1.79. The van der Waals surface area contributed by atoms with Crippen molar-refractivity contribution in [3.8, 4) is 11.5 Å². The Hall–Kier alpha value is -2.36. The van der Waals surface area contributed by atoms with E-state index >= 15 is 0 Å². The van der Waals surface area contributed by atoms with Crippen molar-refractivity contribution < 1.29 is 9.47 Å². The number of nitrogen functional groups attached to an aromatic ring is 2. The number of hydrogen-bond acceptors (Lipinski definition) is 4. The molecule has 106 valence electrons. The van der Waals surface area contributed by atoms with E-state index in [1.165, 1.54) is 0 Å². The molecule has 0 heterocycles. The van der Waals surface area contributed by atoms with Crippen LogP contribution in [-0.4, -0.2) is 6.29 Å². The van der Waals surface area contributed by atoms with E-state index < -0.39 is 0 Å². The zero-order chi connectivity index (χ0) is 14.5. The van der Waals surface area contributed by atoms with Crippen LogP contribution in [0.2, 0.25) is 0 Å². The fourth-order valence-electron chi connectivity index (χ4n) is 1.79. The van der Waals surface area contributed by atoms with E-state index in [1.54, 1.807) is 12.1 Å². The lowest BCUT2D eigenvalue weighted by Crippen LogP contribution is -2.23. The maximum Gasteiger partial charge on any atom is 0.241 e. The minimum Gasteiger partial charge on any atom is -0.455 e. The number of aryl methyl sites for hydroxylation is 1. The highest BCUT2D eigenvalue weighted by molar-refractivity contribution is 5.57. The second-order valence-corrected chi connectivity index (χ2v) is 4.63. The molecular weight excluding hydrogens is 252 g/mol. The fraction of sp³-hybridized carbons (Fsp3) is 0.250. The lowest BCUT2D eigenvalue weighted by molar-refractivity contribution is 0.00386. The molecule has 1 atom stereocenters. The van der Waals surface area contributed by atoms with Crippen LogP contribution in [0.15, 0.2) is 42.5 Å². The molecule has 0 radical (unpaired) electrons. The van der Waals surface area contributed by atoms with Gasteiger partial charge in [-0.1, -0.05) is 19.1 Å². The van der Waals surface area contributed by atoms with Crippen molar-refractivity contribution >= 4 is 11.4 Å². The van der Waals surface area contributed by atoms with Crippen molar-refractivity contribution in [2.75, 3.05) is 11.5 Å². The van der Waals surface area contributed by atoms with Gasteiger partial charge in [-0.25, -0.2) is 0 Å². The molecule has 0 aromatic heterocycles. The summed E-state index contributed by atoms with van der Waals surface area (Å²) in [6.45, 7) is 3.94. The van der Waals surface area contributed by atoms with Gasteiger partial charge in [-0.3, -0.25) is 0 Å². The highest BCUT2D eigenvalue weighted by atomic mass is 16.7. The van der Waals surface area contributed by atoms with Gasteiger partial charge in [0.05, 0.1) is 5.69 Å². The summed E-state index contributed by atoms with van der Waals surface area (Å²) in [5, 5.41) is 0. The van der Waals surface area contributed by atoms with Gasteiger partial charge in [-0.15, -0.1) is 0 Å². The molecule has 0 fully saturated rings. The molecule has 0 aliphatic carbocycles. The van der Waals surface area contributed by atoms with Crippen molar-refractivity contribution in [1.29, 1.82) is 0 Å². The van der Waals surface area contributed by atoms with Gasteiger partial charge < -0.3 is 20.9 Å². The normalized spacial score (nSPS) is 11.9. The summed E-state index contributed by atoms with van der Waals surface area (Å²) >= 11 is 0. The SMILES string of the molecule is CCC(Oc1ccc(N)cc1)Oc1cccc(C)c1N. The molecule has 4 N–H and O–H groups in total. The van der Waals surface area contributed by atoms with Crippen molar-refractivity contribution in [3.63, 3.8) is 0 Å². The minimum absolute atomic E-state index is 0.386. The van der Waals surface area contributed by atoms with Gasteiger partial charge in [0.25, 0.3) is 0 Å². The quantitative estimate of drug-likeness (QED) is 0.647. The molecule has 2 aromatic carbocycles.